The van der Waals surface area contributed by atoms with Crippen LogP contribution in [0.3, 0.4) is 0 Å². The predicted molar refractivity (Wildman–Crippen MR) is 275 cm³/mol. The van der Waals surface area contributed by atoms with E-state index >= 15 is 0 Å². The van der Waals surface area contributed by atoms with Crippen molar-refractivity contribution in [3.05, 3.63) is 143 Å². The van der Waals surface area contributed by atoms with E-state index in [1.165, 1.54) is 10.5 Å². The van der Waals surface area contributed by atoms with E-state index in [1.54, 1.807) is 11.3 Å². The summed E-state index contributed by atoms with van der Waals surface area (Å²) in [5.41, 5.74) is 9.77. The van der Waals surface area contributed by atoms with Crippen LogP contribution in [0.1, 0.15) is 80.8 Å². The third kappa shape index (κ3) is 13.7. The Hall–Kier alpha value is -5.86. The number of thiazole rings is 1. The standard InChI is InChI=1S/C55H65ClN6O6S/c1-38-51(69-37-58-38)43-20-18-39(19-21-43)35-57-53(66)47-34-44(63)36-62(47)54(67)52(55(2,3)4)59-48(64)16-11-17-49(65)61-30-28-60(29-31-61)32-33-68-45-24-22-42(23-25-45)50(41-14-9-6-10-15-41)46(26-27-56)40-12-7-5-8-13-40/h5-10,12-15,18-25,37,44,47,52,63H,11,16-17,26-36H2,1-4H3,(H,57,66)(H,59,64)/b50-46-/t44?,47?,52-/m1/s1. The van der Waals surface area contributed by atoms with Crippen LogP contribution in [-0.4, -0.2) is 118 Å². The third-order valence-corrected chi connectivity index (χ3v) is 14.0. The average molecular weight is 974 g/mol. The Morgan fingerprint density at radius 3 is 2.12 bits per heavy atom. The van der Waals surface area contributed by atoms with Gasteiger partial charge in [0.15, 0.2) is 0 Å². The lowest BCUT2D eigenvalue weighted by Crippen LogP contribution is -2.57. The highest BCUT2D eigenvalue weighted by Gasteiger charge is 2.44. The third-order valence-electron chi connectivity index (χ3n) is 12.9. The van der Waals surface area contributed by atoms with Crippen molar-refractivity contribution in [1.29, 1.82) is 0 Å². The van der Waals surface area contributed by atoms with E-state index in [-0.39, 0.29) is 50.1 Å². The summed E-state index contributed by atoms with van der Waals surface area (Å²) in [5.74, 6) is 0.175. The molecular weight excluding hydrogens is 908 g/mol. The minimum absolute atomic E-state index is 0.00149. The molecule has 2 saturated heterocycles. The number of aliphatic hydroxyl groups excluding tert-OH is 1. The molecule has 14 heteroatoms. The number of halogens is 1. The Morgan fingerprint density at radius 1 is 0.841 bits per heavy atom. The molecule has 2 aliphatic heterocycles. The highest BCUT2D eigenvalue weighted by Crippen LogP contribution is 2.36. The van der Waals surface area contributed by atoms with E-state index in [1.807, 2.05) is 86.6 Å². The maximum atomic E-state index is 14.1. The molecule has 0 bridgehead atoms. The second kappa shape index (κ2) is 24.1. The number of aliphatic hydroxyl groups is 1. The van der Waals surface area contributed by atoms with Crippen molar-refractivity contribution < 1.29 is 29.0 Å². The van der Waals surface area contributed by atoms with Gasteiger partial charge in [0, 0.05) is 71.0 Å². The first-order valence-corrected chi connectivity index (χ1v) is 25.4. The number of carbonyl (C=O) groups is 4. The molecule has 0 aliphatic carbocycles. The Labute approximate surface area is 415 Å². The molecule has 2 fully saturated rings. The van der Waals surface area contributed by atoms with Crippen LogP contribution in [0.2, 0.25) is 0 Å². The van der Waals surface area contributed by atoms with Gasteiger partial charge in [-0.2, -0.15) is 0 Å². The second-order valence-corrected chi connectivity index (χ2v) is 20.2. The number of nitrogens with zero attached hydrogens (tertiary/aromatic N) is 4. The fourth-order valence-corrected chi connectivity index (χ4v) is 10.1. The molecule has 3 heterocycles. The largest absolute Gasteiger partial charge is 0.492 e. The maximum absolute atomic E-state index is 14.1. The van der Waals surface area contributed by atoms with E-state index in [0.29, 0.717) is 32.0 Å². The van der Waals surface area contributed by atoms with Crippen molar-refractivity contribution in [3.63, 3.8) is 0 Å². The minimum Gasteiger partial charge on any atom is -0.492 e. The first-order chi connectivity index (χ1) is 33.3. The van der Waals surface area contributed by atoms with Crippen LogP contribution >= 0.6 is 22.9 Å². The molecule has 0 saturated carbocycles. The molecule has 12 nitrogen and oxygen atoms in total. The number of allylic oxidation sites excluding steroid dienone is 1. The fourth-order valence-electron chi connectivity index (χ4n) is 9.07. The molecule has 0 radical (unpaired) electrons. The van der Waals surface area contributed by atoms with Crippen molar-refractivity contribution in [2.45, 2.75) is 84.5 Å². The number of nitrogens with one attached hydrogen (secondary N) is 2. The molecule has 4 aromatic carbocycles. The maximum Gasteiger partial charge on any atom is 0.246 e. The average Bonchev–Trinajstić information content (AvgIpc) is 3.98. The highest BCUT2D eigenvalue weighted by atomic mass is 35.5. The van der Waals surface area contributed by atoms with E-state index in [9.17, 15) is 24.3 Å². The highest BCUT2D eigenvalue weighted by molar-refractivity contribution is 7.13. The Kier molecular flexibility index (Phi) is 17.8. The molecule has 364 valence electrons. The van der Waals surface area contributed by atoms with Gasteiger partial charge in [-0.1, -0.05) is 118 Å². The van der Waals surface area contributed by atoms with Gasteiger partial charge in [-0.3, -0.25) is 24.1 Å². The van der Waals surface area contributed by atoms with Gasteiger partial charge < -0.3 is 30.3 Å². The minimum atomic E-state index is -0.940. The van der Waals surface area contributed by atoms with Crippen molar-refractivity contribution in [2.24, 2.45) is 5.41 Å². The van der Waals surface area contributed by atoms with Crippen LogP contribution in [0.4, 0.5) is 0 Å². The smallest absolute Gasteiger partial charge is 0.246 e. The van der Waals surface area contributed by atoms with Crippen LogP contribution in [0.5, 0.6) is 5.75 Å². The van der Waals surface area contributed by atoms with Gasteiger partial charge in [-0.25, -0.2) is 4.98 Å². The van der Waals surface area contributed by atoms with Crippen molar-refractivity contribution in [1.82, 2.24) is 30.3 Å². The number of hydrogen-bond acceptors (Lipinski definition) is 9. The number of piperazine rings is 1. The number of rotatable bonds is 19. The molecule has 69 heavy (non-hydrogen) atoms. The zero-order chi connectivity index (χ0) is 48.9. The lowest BCUT2D eigenvalue weighted by molar-refractivity contribution is -0.144. The lowest BCUT2D eigenvalue weighted by Gasteiger charge is -2.35. The SMILES string of the molecule is Cc1ncsc1-c1ccc(CNC(=O)C2CC(O)CN2C(=O)[C@@H](NC(=O)CCCC(=O)N2CCN(CCOc3ccc(/C(=C(/CCCl)c4ccccc4)c4ccccc4)cc3)CC2)C(C)(C)C)cc1. The van der Waals surface area contributed by atoms with Crippen molar-refractivity contribution in [2.75, 3.05) is 51.8 Å². The number of likely N-dealkylation sites (tertiary alicyclic amines) is 1. The molecule has 1 aromatic heterocycles. The summed E-state index contributed by atoms with van der Waals surface area (Å²) in [6.07, 6.45) is 0.594. The van der Waals surface area contributed by atoms with Gasteiger partial charge in [-0.15, -0.1) is 22.9 Å². The van der Waals surface area contributed by atoms with Gasteiger partial charge in [0.05, 0.1) is 22.2 Å². The zero-order valence-corrected chi connectivity index (χ0v) is 41.7. The van der Waals surface area contributed by atoms with E-state index < -0.39 is 29.5 Å². The molecule has 5 aromatic rings. The Bertz CT molecular complexity index is 2520. The van der Waals surface area contributed by atoms with Gasteiger partial charge >= 0.3 is 0 Å². The van der Waals surface area contributed by atoms with E-state index in [0.717, 1.165) is 75.8 Å². The molecular formula is C55H65ClN6O6S. The lowest BCUT2D eigenvalue weighted by atomic mass is 9.85. The van der Waals surface area contributed by atoms with Crippen molar-refractivity contribution >= 4 is 57.7 Å². The number of alkyl halides is 1. The van der Waals surface area contributed by atoms with Gasteiger partial charge in [0.2, 0.25) is 23.6 Å². The molecule has 0 spiro atoms. The number of benzene rings is 4. The zero-order valence-electron chi connectivity index (χ0n) is 40.2. The number of aromatic nitrogens is 1. The van der Waals surface area contributed by atoms with Gasteiger partial charge in [0.1, 0.15) is 24.4 Å². The molecule has 4 amide bonds. The van der Waals surface area contributed by atoms with Gasteiger partial charge in [0.25, 0.3) is 0 Å². The number of hydrogen-bond donors (Lipinski definition) is 3. The van der Waals surface area contributed by atoms with Crippen LogP contribution in [0.15, 0.2) is 115 Å². The molecule has 3 atom stereocenters. The quantitative estimate of drug-likeness (QED) is 0.0555. The first kappa shape index (κ1) is 51.0. The van der Waals surface area contributed by atoms with E-state index in [4.69, 9.17) is 16.3 Å². The Morgan fingerprint density at radius 2 is 1.49 bits per heavy atom. The summed E-state index contributed by atoms with van der Waals surface area (Å²) in [6, 6.07) is 35.1. The summed E-state index contributed by atoms with van der Waals surface area (Å²) < 4.78 is 6.19. The van der Waals surface area contributed by atoms with Gasteiger partial charge in [-0.05, 0) is 76.3 Å². The van der Waals surface area contributed by atoms with E-state index in [2.05, 4.69) is 81.2 Å². The van der Waals surface area contributed by atoms with Crippen LogP contribution in [-0.2, 0) is 25.7 Å². The molecule has 2 aliphatic rings. The predicted octanol–water partition coefficient (Wildman–Crippen LogP) is 8.21. The first-order valence-electron chi connectivity index (χ1n) is 24.0. The number of aryl methyl sites for hydroxylation is 1. The molecule has 7 rings (SSSR count). The monoisotopic (exact) mass is 972 g/mol. The second-order valence-electron chi connectivity index (χ2n) is 18.9. The molecule has 3 N–H and O–H groups in total. The molecule has 2 unspecified atom stereocenters. The number of carbonyl (C=O) groups excluding carboxylic acids is 4. The topological polar surface area (TPSA) is 144 Å². The Balaban J connectivity index is 0.835. The summed E-state index contributed by atoms with van der Waals surface area (Å²) in [6.45, 7) is 11.7. The number of β-amino-alcohol motifs (C(OH)–C–C–N with tert-alkyl or cyclic N) is 1. The number of ether oxygens (including phenoxy) is 1. The van der Waals surface area contributed by atoms with Crippen molar-refractivity contribution in [3.8, 4) is 16.2 Å². The van der Waals surface area contributed by atoms with Crippen LogP contribution in [0.25, 0.3) is 21.6 Å². The number of amides is 4. The normalized spacial score (nSPS) is 17.2. The summed E-state index contributed by atoms with van der Waals surface area (Å²) in [4.78, 5) is 65.1. The van der Waals surface area contributed by atoms with Crippen LogP contribution < -0.4 is 15.4 Å². The summed E-state index contributed by atoms with van der Waals surface area (Å²) >= 11 is 7.92. The summed E-state index contributed by atoms with van der Waals surface area (Å²) in [7, 11) is 0. The van der Waals surface area contributed by atoms with Crippen LogP contribution in [0, 0.1) is 12.3 Å². The fraction of sp³-hybridized carbons (Fsp3) is 0.400. The summed E-state index contributed by atoms with van der Waals surface area (Å²) in [5, 5.41) is 16.5.